The fourth-order valence-electron chi connectivity index (χ4n) is 4.90. The van der Waals surface area contributed by atoms with Gasteiger partial charge in [0.25, 0.3) is 0 Å². The van der Waals surface area contributed by atoms with E-state index in [1.807, 2.05) is 0 Å². The van der Waals surface area contributed by atoms with Crippen molar-refractivity contribution in [1.82, 2.24) is 0 Å². The Morgan fingerprint density at radius 2 is 0.588 bits per heavy atom. The summed E-state index contributed by atoms with van der Waals surface area (Å²) in [5.41, 5.74) is 6.70. The standard InChI is InChI=1S/C32H36P2/c1-23-15-7-11-19-29(23)33(30-20-12-8-16-24(30)2)27(5)28(6)34(31-21-13-9-17-25(31)3)32-22-14-10-18-26(32)4/h7-22,27-28H,1-6H3. The van der Waals surface area contributed by atoms with Gasteiger partial charge in [0.2, 0.25) is 0 Å². The lowest BCUT2D eigenvalue weighted by Crippen LogP contribution is -2.34. The topological polar surface area (TPSA) is 0 Å². The zero-order valence-corrected chi connectivity index (χ0v) is 23.1. The Morgan fingerprint density at radius 3 is 0.794 bits per heavy atom. The lowest BCUT2D eigenvalue weighted by atomic mass is 10.2. The third-order valence-electron chi connectivity index (χ3n) is 7.01. The van der Waals surface area contributed by atoms with Crippen LogP contribution >= 0.6 is 15.8 Å². The summed E-state index contributed by atoms with van der Waals surface area (Å²) in [6.45, 7) is 14.2. The second-order valence-electron chi connectivity index (χ2n) is 9.37. The summed E-state index contributed by atoms with van der Waals surface area (Å²) in [5.74, 6) is 0. The molecular weight excluding hydrogens is 446 g/mol. The first-order chi connectivity index (χ1) is 16.4. The summed E-state index contributed by atoms with van der Waals surface area (Å²) in [7, 11) is -1.02. The molecule has 0 aromatic heterocycles. The van der Waals surface area contributed by atoms with Crippen LogP contribution in [0.4, 0.5) is 0 Å². The molecule has 0 aliphatic rings. The maximum atomic E-state index is 2.52. The van der Waals surface area contributed by atoms with Crippen molar-refractivity contribution < 1.29 is 0 Å². The highest BCUT2D eigenvalue weighted by Gasteiger charge is 2.34. The first-order valence-electron chi connectivity index (χ1n) is 12.2. The van der Waals surface area contributed by atoms with Crippen molar-refractivity contribution >= 4 is 37.1 Å². The van der Waals surface area contributed by atoms with E-state index in [1.165, 1.54) is 43.5 Å². The largest absolute Gasteiger partial charge is 0.0620 e. The van der Waals surface area contributed by atoms with E-state index >= 15 is 0 Å². The number of hydrogen-bond donors (Lipinski definition) is 0. The summed E-state index contributed by atoms with van der Waals surface area (Å²) >= 11 is 0. The van der Waals surface area contributed by atoms with Gasteiger partial charge in [0.05, 0.1) is 0 Å². The van der Waals surface area contributed by atoms with Crippen molar-refractivity contribution in [2.75, 3.05) is 0 Å². The zero-order valence-electron chi connectivity index (χ0n) is 21.3. The maximum absolute atomic E-state index is 2.52. The molecule has 0 spiro atoms. The van der Waals surface area contributed by atoms with Crippen LogP contribution in [0.25, 0.3) is 0 Å². The highest BCUT2D eigenvalue weighted by Crippen LogP contribution is 2.52. The zero-order chi connectivity index (χ0) is 24.2. The van der Waals surface area contributed by atoms with Crippen molar-refractivity contribution in [3.63, 3.8) is 0 Å². The third-order valence-corrected chi connectivity index (χ3v) is 13.9. The van der Waals surface area contributed by atoms with E-state index in [2.05, 4.69) is 139 Å². The highest BCUT2D eigenvalue weighted by molar-refractivity contribution is 7.77. The Kier molecular flexibility index (Phi) is 8.03. The fraction of sp³-hybridized carbons (Fsp3) is 0.250. The van der Waals surface area contributed by atoms with E-state index in [1.54, 1.807) is 0 Å². The van der Waals surface area contributed by atoms with E-state index < -0.39 is 15.8 Å². The van der Waals surface area contributed by atoms with Crippen LogP contribution in [0.2, 0.25) is 0 Å². The molecule has 0 heterocycles. The van der Waals surface area contributed by atoms with Gasteiger partial charge in [0, 0.05) is 0 Å². The molecule has 0 radical (unpaired) electrons. The molecule has 174 valence electrons. The van der Waals surface area contributed by atoms with Gasteiger partial charge >= 0.3 is 0 Å². The van der Waals surface area contributed by atoms with E-state index in [-0.39, 0.29) is 0 Å². The Balaban J connectivity index is 1.88. The molecular formula is C32H36P2. The van der Waals surface area contributed by atoms with Gasteiger partial charge < -0.3 is 0 Å². The normalized spacial score (nSPS) is 13.3. The van der Waals surface area contributed by atoms with Crippen LogP contribution in [0.1, 0.15) is 36.1 Å². The Morgan fingerprint density at radius 1 is 0.382 bits per heavy atom. The average molecular weight is 483 g/mol. The molecule has 4 aromatic carbocycles. The molecule has 2 unspecified atom stereocenters. The van der Waals surface area contributed by atoms with E-state index in [0.717, 1.165) is 0 Å². The molecule has 4 aromatic rings. The molecule has 0 aliphatic heterocycles. The molecule has 34 heavy (non-hydrogen) atoms. The van der Waals surface area contributed by atoms with Crippen LogP contribution in [0.15, 0.2) is 97.1 Å². The molecule has 2 heteroatoms. The maximum Gasteiger partial charge on any atom is -0.00859 e. The minimum atomic E-state index is -0.509. The molecule has 0 saturated carbocycles. The SMILES string of the molecule is Cc1ccccc1P(c1ccccc1C)C(C)C(C)P(c1ccccc1C)c1ccccc1C. The van der Waals surface area contributed by atoms with Gasteiger partial charge in [-0.2, -0.15) is 0 Å². The molecule has 0 N–H and O–H groups in total. The summed E-state index contributed by atoms with van der Waals surface area (Å²) < 4.78 is 0. The van der Waals surface area contributed by atoms with Gasteiger partial charge in [-0.05, 0) is 98.3 Å². The third kappa shape index (κ3) is 5.05. The van der Waals surface area contributed by atoms with Crippen molar-refractivity contribution in [1.29, 1.82) is 0 Å². The highest BCUT2D eigenvalue weighted by atomic mass is 31.1. The van der Waals surface area contributed by atoms with Gasteiger partial charge in [-0.25, -0.2) is 0 Å². The molecule has 2 atom stereocenters. The monoisotopic (exact) mass is 482 g/mol. The predicted molar refractivity (Wildman–Crippen MR) is 156 cm³/mol. The Labute approximate surface area is 209 Å². The molecule has 4 rings (SSSR count). The summed E-state index contributed by atoms with van der Waals surface area (Å²) in [5, 5.41) is 6.10. The molecule has 0 amide bonds. The first kappa shape index (κ1) is 24.9. The summed E-state index contributed by atoms with van der Waals surface area (Å²) in [6, 6.07) is 36.2. The van der Waals surface area contributed by atoms with Gasteiger partial charge in [0.1, 0.15) is 0 Å². The first-order valence-corrected chi connectivity index (χ1v) is 15.0. The molecule has 0 aliphatic carbocycles. The Bertz CT molecular complexity index is 1070. The lowest BCUT2D eigenvalue weighted by molar-refractivity contribution is 0.911. The van der Waals surface area contributed by atoms with Crippen molar-refractivity contribution in [3.05, 3.63) is 119 Å². The van der Waals surface area contributed by atoms with E-state index in [9.17, 15) is 0 Å². The summed E-state index contributed by atoms with van der Waals surface area (Å²) in [4.78, 5) is 0. The van der Waals surface area contributed by atoms with Crippen LogP contribution in [0.3, 0.4) is 0 Å². The van der Waals surface area contributed by atoms with Crippen LogP contribution in [0, 0.1) is 27.7 Å². The van der Waals surface area contributed by atoms with Gasteiger partial charge in [-0.15, -0.1) is 0 Å². The fourth-order valence-corrected chi connectivity index (χ4v) is 11.6. The van der Waals surface area contributed by atoms with Crippen LogP contribution in [0.5, 0.6) is 0 Å². The minimum absolute atomic E-state index is 0.509. The molecule has 0 fully saturated rings. The summed E-state index contributed by atoms with van der Waals surface area (Å²) in [6.07, 6.45) is 0. The second kappa shape index (κ2) is 11.0. The second-order valence-corrected chi connectivity index (χ2v) is 14.4. The quantitative estimate of drug-likeness (QED) is 0.243. The number of hydrogen-bond acceptors (Lipinski definition) is 0. The van der Waals surface area contributed by atoms with Gasteiger partial charge in [-0.1, -0.05) is 111 Å². The lowest BCUT2D eigenvalue weighted by Gasteiger charge is -2.37. The van der Waals surface area contributed by atoms with Crippen molar-refractivity contribution in [3.8, 4) is 0 Å². The number of aryl methyl sites for hydroxylation is 4. The van der Waals surface area contributed by atoms with Gasteiger partial charge in [-0.3, -0.25) is 0 Å². The number of rotatable bonds is 7. The van der Waals surface area contributed by atoms with Crippen LogP contribution in [-0.2, 0) is 0 Å². The molecule has 0 saturated heterocycles. The average Bonchev–Trinajstić information content (AvgIpc) is 2.84. The molecule has 0 nitrogen and oxygen atoms in total. The predicted octanol–water partition coefficient (Wildman–Crippen LogP) is 7.26. The van der Waals surface area contributed by atoms with E-state index in [4.69, 9.17) is 0 Å². The van der Waals surface area contributed by atoms with Crippen LogP contribution in [-0.4, -0.2) is 11.3 Å². The number of benzene rings is 4. The van der Waals surface area contributed by atoms with E-state index in [0.29, 0.717) is 11.3 Å². The smallest absolute Gasteiger partial charge is 0.00859 e. The van der Waals surface area contributed by atoms with Crippen molar-refractivity contribution in [2.24, 2.45) is 0 Å². The minimum Gasteiger partial charge on any atom is -0.0620 e. The Hall–Kier alpha value is -2.26. The van der Waals surface area contributed by atoms with Crippen molar-refractivity contribution in [2.45, 2.75) is 52.9 Å². The molecule has 0 bridgehead atoms. The van der Waals surface area contributed by atoms with Crippen LogP contribution < -0.4 is 21.2 Å². The van der Waals surface area contributed by atoms with Gasteiger partial charge in [0.15, 0.2) is 0 Å².